The van der Waals surface area contributed by atoms with Crippen LogP contribution in [0.2, 0.25) is 5.02 Å². The van der Waals surface area contributed by atoms with Gasteiger partial charge in [-0.3, -0.25) is 0 Å². The summed E-state index contributed by atoms with van der Waals surface area (Å²) in [5.74, 6) is 0. The molecule has 0 aliphatic heterocycles. The van der Waals surface area contributed by atoms with Gasteiger partial charge >= 0.3 is 0 Å². The molecular formula is C17H23BrClN. The lowest BCUT2D eigenvalue weighted by Crippen LogP contribution is -2.23. The molecule has 0 bridgehead atoms. The van der Waals surface area contributed by atoms with Crippen molar-refractivity contribution in [2.75, 3.05) is 6.54 Å². The molecule has 0 saturated heterocycles. The maximum atomic E-state index is 6.43. The number of hydrogen-bond acceptors (Lipinski definition) is 1. The first kappa shape index (κ1) is 16.1. The second-order valence-electron chi connectivity index (χ2n) is 5.39. The van der Waals surface area contributed by atoms with E-state index in [4.69, 9.17) is 11.6 Å². The van der Waals surface area contributed by atoms with E-state index in [-0.39, 0.29) is 6.04 Å². The molecule has 0 aromatic heterocycles. The summed E-state index contributed by atoms with van der Waals surface area (Å²) in [6, 6.07) is 6.38. The molecule has 0 saturated carbocycles. The first-order valence-electron chi connectivity index (χ1n) is 7.59. The normalized spacial score (nSPS) is 20.6. The van der Waals surface area contributed by atoms with E-state index in [0.29, 0.717) is 0 Å². The largest absolute Gasteiger partial charge is 0.307 e. The molecule has 1 aliphatic rings. The van der Waals surface area contributed by atoms with Crippen molar-refractivity contribution in [1.82, 2.24) is 5.32 Å². The van der Waals surface area contributed by atoms with Crippen LogP contribution in [0.1, 0.15) is 57.1 Å². The Labute approximate surface area is 135 Å². The van der Waals surface area contributed by atoms with Crippen molar-refractivity contribution < 1.29 is 0 Å². The third-order valence-corrected chi connectivity index (χ3v) is 4.71. The molecule has 0 heterocycles. The van der Waals surface area contributed by atoms with E-state index in [1.807, 2.05) is 12.1 Å². The third-order valence-electron chi connectivity index (χ3n) is 3.87. The summed E-state index contributed by atoms with van der Waals surface area (Å²) in [4.78, 5) is 0. The van der Waals surface area contributed by atoms with Crippen LogP contribution in [0.15, 0.2) is 34.3 Å². The van der Waals surface area contributed by atoms with Gasteiger partial charge in [0, 0.05) is 9.50 Å². The fraction of sp³-hybridized carbons (Fsp3) is 0.529. The minimum absolute atomic E-state index is 0.253. The molecule has 0 fully saturated rings. The second kappa shape index (κ2) is 8.21. The molecule has 3 heteroatoms. The van der Waals surface area contributed by atoms with E-state index >= 15 is 0 Å². The average Bonchev–Trinajstić information content (AvgIpc) is 2.40. The van der Waals surface area contributed by atoms with Gasteiger partial charge in [-0.25, -0.2) is 0 Å². The molecule has 110 valence electrons. The maximum absolute atomic E-state index is 6.43. The van der Waals surface area contributed by atoms with Crippen LogP contribution in [0, 0.1) is 0 Å². The Kier molecular flexibility index (Phi) is 6.60. The van der Waals surface area contributed by atoms with Gasteiger partial charge in [0.1, 0.15) is 0 Å². The fourth-order valence-electron chi connectivity index (χ4n) is 2.86. The average molecular weight is 357 g/mol. The monoisotopic (exact) mass is 355 g/mol. The first-order valence-corrected chi connectivity index (χ1v) is 8.76. The van der Waals surface area contributed by atoms with Crippen LogP contribution in [0.25, 0.3) is 0 Å². The summed E-state index contributed by atoms with van der Waals surface area (Å²) in [5.41, 5.74) is 2.70. The van der Waals surface area contributed by atoms with Gasteiger partial charge in [0.2, 0.25) is 0 Å². The number of likely N-dealkylation sites (N-methyl/N-ethyl adjacent to an activating group) is 1. The predicted molar refractivity (Wildman–Crippen MR) is 91.4 cm³/mol. The van der Waals surface area contributed by atoms with Crippen molar-refractivity contribution in [3.63, 3.8) is 0 Å². The second-order valence-corrected chi connectivity index (χ2v) is 6.71. The van der Waals surface area contributed by atoms with E-state index in [2.05, 4.69) is 40.3 Å². The maximum Gasteiger partial charge on any atom is 0.0551 e. The highest BCUT2D eigenvalue weighted by Crippen LogP contribution is 2.34. The highest BCUT2D eigenvalue weighted by Gasteiger charge is 2.19. The molecule has 1 aliphatic carbocycles. The van der Waals surface area contributed by atoms with Gasteiger partial charge < -0.3 is 5.32 Å². The van der Waals surface area contributed by atoms with Crippen LogP contribution in [0.4, 0.5) is 0 Å². The van der Waals surface area contributed by atoms with Gasteiger partial charge in [-0.2, -0.15) is 0 Å². The summed E-state index contributed by atoms with van der Waals surface area (Å²) in [6.07, 6.45) is 10.1. The number of nitrogens with one attached hydrogen (secondary N) is 1. The lowest BCUT2D eigenvalue weighted by molar-refractivity contribution is 0.554. The number of benzene rings is 1. The minimum atomic E-state index is 0.253. The number of halogens is 2. The molecule has 20 heavy (non-hydrogen) atoms. The van der Waals surface area contributed by atoms with Crippen LogP contribution < -0.4 is 5.32 Å². The SMILES string of the molecule is CCNC(/C1=C/CCCCCC1)c1cc(Br)ccc1Cl. The molecule has 1 atom stereocenters. The Hall–Kier alpha value is -0.310. The molecule has 1 N–H and O–H groups in total. The van der Waals surface area contributed by atoms with E-state index in [1.165, 1.54) is 49.7 Å². The van der Waals surface area contributed by atoms with Gasteiger partial charge in [0.15, 0.2) is 0 Å². The van der Waals surface area contributed by atoms with E-state index < -0.39 is 0 Å². The standard InChI is InChI=1S/C17H23BrClN/c1-2-20-17(13-8-6-4-3-5-7-9-13)15-12-14(18)10-11-16(15)19/h8,10-12,17,20H,2-7,9H2,1H3/b13-8+. The Bertz CT molecular complexity index is 470. The van der Waals surface area contributed by atoms with Crippen molar-refractivity contribution in [1.29, 1.82) is 0 Å². The number of allylic oxidation sites excluding steroid dienone is 1. The molecule has 1 unspecified atom stereocenters. The van der Waals surface area contributed by atoms with Gasteiger partial charge in [-0.1, -0.05) is 58.9 Å². The molecule has 1 aromatic carbocycles. The van der Waals surface area contributed by atoms with Crippen LogP contribution in [0.3, 0.4) is 0 Å². The lowest BCUT2D eigenvalue weighted by atomic mass is 9.91. The highest BCUT2D eigenvalue weighted by molar-refractivity contribution is 9.10. The van der Waals surface area contributed by atoms with Gasteiger partial charge in [0.05, 0.1) is 6.04 Å². The summed E-state index contributed by atoms with van der Waals surface area (Å²) < 4.78 is 1.09. The van der Waals surface area contributed by atoms with Crippen molar-refractivity contribution in [2.24, 2.45) is 0 Å². The molecule has 2 rings (SSSR count). The van der Waals surface area contributed by atoms with Gasteiger partial charge in [-0.05, 0) is 56.0 Å². The number of hydrogen-bond donors (Lipinski definition) is 1. The summed E-state index contributed by atoms with van der Waals surface area (Å²) in [7, 11) is 0. The molecule has 0 amide bonds. The first-order chi connectivity index (χ1) is 9.72. The highest BCUT2D eigenvalue weighted by atomic mass is 79.9. The molecular weight excluding hydrogens is 334 g/mol. The van der Waals surface area contributed by atoms with Crippen LogP contribution >= 0.6 is 27.5 Å². The van der Waals surface area contributed by atoms with Gasteiger partial charge in [0.25, 0.3) is 0 Å². The van der Waals surface area contributed by atoms with Crippen molar-refractivity contribution in [3.8, 4) is 0 Å². The summed E-state index contributed by atoms with van der Waals surface area (Å²) in [5, 5.41) is 4.46. The zero-order valence-corrected chi connectivity index (χ0v) is 14.4. The summed E-state index contributed by atoms with van der Waals surface area (Å²) in [6.45, 7) is 3.10. The zero-order chi connectivity index (χ0) is 14.4. The summed E-state index contributed by atoms with van der Waals surface area (Å²) >= 11 is 9.99. The molecule has 0 radical (unpaired) electrons. The lowest BCUT2D eigenvalue weighted by Gasteiger charge is -2.24. The van der Waals surface area contributed by atoms with Crippen LogP contribution in [-0.2, 0) is 0 Å². The third kappa shape index (κ3) is 4.34. The molecule has 1 aromatic rings. The van der Waals surface area contributed by atoms with Crippen molar-refractivity contribution in [2.45, 2.75) is 51.5 Å². The zero-order valence-electron chi connectivity index (χ0n) is 12.1. The van der Waals surface area contributed by atoms with Gasteiger partial charge in [-0.15, -0.1) is 0 Å². The molecule has 0 spiro atoms. The Morgan fingerprint density at radius 3 is 2.85 bits per heavy atom. The quantitative estimate of drug-likeness (QED) is 0.649. The Balaban J connectivity index is 2.31. The van der Waals surface area contributed by atoms with E-state index in [9.17, 15) is 0 Å². The number of rotatable bonds is 4. The van der Waals surface area contributed by atoms with E-state index in [0.717, 1.165) is 16.0 Å². The van der Waals surface area contributed by atoms with Crippen LogP contribution in [0.5, 0.6) is 0 Å². The van der Waals surface area contributed by atoms with Crippen molar-refractivity contribution in [3.05, 3.63) is 44.9 Å². The fourth-order valence-corrected chi connectivity index (χ4v) is 3.46. The predicted octanol–water partition coefficient (Wildman–Crippen LogP) is 6.03. The smallest absolute Gasteiger partial charge is 0.0551 e. The van der Waals surface area contributed by atoms with E-state index in [1.54, 1.807) is 0 Å². The topological polar surface area (TPSA) is 12.0 Å². The minimum Gasteiger partial charge on any atom is -0.307 e. The Morgan fingerprint density at radius 2 is 2.05 bits per heavy atom. The molecule has 1 nitrogen and oxygen atoms in total. The van der Waals surface area contributed by atoms with Crippen LogP contribution in [-0.4, -0.2) is 6.54 Å². The van der Waals surface area contributed by atoms with Crippen molar-refractivity contribution >= 4 is 27.5 Å². The Morgan fingerprint density at radius 1 is 1.25 bits per heavy atom.